The maximum absolute atomic E-state index is 5.73. The summed E-state index contributed by atoms with van der Waals surface area (Å²) in [6.07, 6.45) is 3.10. The third kappa shape index (κ3) is 1.56. The summed E-state index contributed by atoms with van der Waals surface area (Å²) in [4.78, 5) is 7.56. The second-order valence-corrected chi connectivity index (χ2v) is 4.04. The highest BCUT2D eigenvalue weighted by Gasteiger charge is 2.20. The van der Waals surface area contributed by atoms with Crippen LogP contribution in [0.2, 0.25) is 0 Å². The van der Waals surface area contributed by atoms with Gasteiger partial charge in [-0.1, -0.05) is 27.5 Å². The number of halogens is 2. The minimum absolute atomic E-state index is 0.526. The van der Waals surface area contributed by atoms with Crippen LogP contribution in [0.15, 0.2) is 9.98 Å². The smallest absolute Gasteiger partial charge is 0.153 e. The molecule has 0 aromatic heterocycles. The van der Waals surface area contributed by atoms with E-state index in [1.807, 2.05) is 0 Å². The number of hydrogen-bond donors (Lipinski definition) is 0. The van der Waals surface area contributed by atoms with Gasteiger partial charge in [0.15, 0.2) is 3.78 Å². The van der Waals surface area contributed by atoms with E-state index in [-0.39, 0.29) is 0 Å². The Balaban J connectivity index is 2.65. The Hall–Kier alpha value is 0.110. The van der Waals surface area contributed by atoms with Gasteiger partial charge in [0.2, 0.25) is 0 Å². The van der Waals surface area contributed by atoms with Crippen LogP contribution in [0.3, 0.4) is 0 Å². The zero-order chi connectivity index (χ0) is 6.04. The lowest BCUT2D eigenvalue weighted by Crippen LogP contribution is -2.20. The monoisotopic (exact) mass is 194 g/mol. The van der Waals surface area contributed by atoms with E-state index in [9.17, 15) is 0 Å². The molecule has 44 valence electrons. The molecule has 0 aliphatic carbocycles. The zero-order valence-corrected chi connectivity index (χ0v) is 6.35. The Bertz CT molecular complexity index is 141. The first-order valence-corrected chi connectivity index (χ1v) is 3.28. The molecule has 0 fully saturated rings. The molecular formula is C4H4BrClN2. The van der Waals surface area contributed by atoms with Gasteiger partial charge in [-0.25, -0.2) is 4.99 Å². The van der Waals surface area contributed by atoms with Gasteiger partial charge in [0.25, 0.3) is 0 Å². The minimum atomic E-state index is -0.526. The van der Waals surface area contributed by atoms with E-state index in [1.165, 1.54) is 6.34 Å². The molecule has 0 amide bonds. The van der Waals surface area contributed by atoms with Crippen molar-refractivity contribution >= 4 is 40.1 Å². The third-order valence-electron chi connectivity index (χ3n) is 0.714. The van der Waals surface area contributed by atoms with Gasteiger partial charge in [-0.15, -0.1) is 0 Å². The Morgan fingerprint density at radius 1 is 1.75 bits per heavy atom. The van der Waals surface area contributed by atoms with E-state index >= 15 is 0 Å². The Morgan fingerprint density at radius 3 is 2.75 bits per heavy atom. The van der Waals surface area contributed by atoms with Crippen molar-refractivity contribution < 1.29 is 0 Å². The third-order valence-corrected chi connectivity index (χ3v) is 1.39. The van der Waals surface area contributed by atoms with Crippen LogP contribution in [-0.4, -0.2) is 22.9 Å². The lowest BCUT2D eigenvalue weighted by atomic mass is 10.4. The fourth-order valence-corrected chi connectivity index (χ4v) is 0.781. The van der Waals surface area contributed by atoms with Crippen LogP contribution in [0.4, 0.5) is 0 Å². The van der Waals surface area contributed by atoms with Gasteiger partial charge >= 0.3 is 0 Å². The van der Waals surface area contributed by atoms with Gasteiger partial charge in [-0.3, -0.25) is 4.99 Å². The molecule has 0 spiro atoms. The van der Waals surface area contributed by atoms with Crippen molar-refractivity contribution in [3.05, 3.63) is 0 Å². The second kappa shape index (κ2) is 2.15. The molecule has 1 aliphatic rings. The van der Waals surface area contributed by atoms with Crippen LogP contribution in [0, 0.1) is 0 Å². The number of alkyl halides is 2. The van der Waals surface area contributed by atoms with E-state index in [0.29, 0.717) is 6.54 Å². The summed E-state index contributed by atoms with van der Waals surface area (Å²) in [5, 5.41) is 0. The predicted octanol–water partition coefficient (Wildman–Crippen LogP) is 1.43. The topological polar surface area (TPSA) is 24.7 Å². The van der Waals surface area contributed by atoms with E-state index in [0.717, 1.165) is 0 Å². The number of rotatable bonds is 0. The van der Waals surface area contributed by atoms with Crippen LogP contribution in [0.1, 0.15) is 0 Å². The predicted molar refractivity (Wildman–Crippen MR) is 39.4 cm³/mol. The fourth-order valence-electron chi connectivity index (χ4n) is 0.393. The van der Waals surface area contributed by atoms with Gasteiger partial charge in [0, 0.05) is 6.21 Å². The maximum Gasteiger partial charge on any atom is 0.153 e. The van der Waals surface area contributed by atoms with E-state index in [4.69, 9.17) is 11.6 Å². The Kier molecular flexibility index (Phi) is 1.68. The van der Waals surface area contributed by atoms with Crippen LogP contribution in [-0.2, 0) is 0 Å². The van der Waals surface area contributed by atoms with Crippen molar-refractivity contribution in [3.63, 3.8) is 0 Å². The molecule has 0 aromatic carbocycles. The molecule has 2 nitrogen and oxygen atoms in total. The van der Waals surface area contributed by atoms with Crippen molar-refractivity contribution in [3.8, 4) is 0 Å². The van der Waals surface area contributed by atoms with Crippen molar-refractivity contribution in [2.75, 3.05) is 6.54 Å². The van der Waals surface area contributed by atoms with Crippen molar-refractivity contribution in [1.29, 1.82) is 0 Å². The number of aliphatic imine (C=N–C) groups is 2. The molecule has 4 heteroatoms. The molecule has 0 N–H and O–H groups in total. The molecule has 8 heavy (non-hydrogen) atoms. The van der Waals surface area contributed by atoms with E-state index < -0.39 is 3.78 Å². The Morgan fingerprint density at radius 2 is 2.50 bits per heavy atom. The zero-order valence-electron chi connectivity index (χ0n) is 4.01. The van der Waals surface area contributed by atoms with Crippen LogP contribution < -0.4 is 0 Å². The highest BCUT2D eigenvalue weighted by molar-refractivity contribution is 9.10. The Labute approximate surface area is 60.8 Å². The van der Waals surface area contributed by atoms with Crippen molar-refractivity contribution in [2.24, 2.45) is 9.98 Å². The average Bonchev–Trinajstić information content (AvgIpc) is 1.65. The van der Waals surface area contributed by atoms with Gasteiger partial charge in [-0.05, 0) is 0 Å². The first-order chi connectivity index (χ1) is 3.71. The van der Waals surface area contributed by atoms with Crippen LogP contribution in [0.25, 0.3) is 0 Å². The first-order valence-electron chi connectivity index (χ1n) is 2.11. The second-order valence-electron chi connectivity index (χ2n) is 1.50. The van der Waals surface area contributed by atoms with Crippen molar-refractivity contribution in [1.82, 2.24) is 0 Å². The molecule has 1 atom stereocenters. The first kappa shape index (κ1) is 6.23. The molecular weight excluding hydrogens is 191 g/mol. The summed E-state index contributed by atoms with van der Waals surface area (Å²) < 4.78 is -0.526. The maximum atomic E-state index is 5.73. The minimum Gasteiger partial charge on any atom is -0.270 e. The van der Waals surface area contributed by atoms with Gasteiger partial charge in [-0.2, -0.15) is 0 Å². The van der Waals surface area contributed by atoms with Gasteiger partial charge in [0.1, 0.15) is 6.34 Å². The summed E-state index contributed by atoms with van der Waals surface area (Å²) in [5.41, 5.74) is 0. The number of nitrogens with zero attached hydrogens (tertiary/aromatic N) is 2. The summed E-state index contributed by atoms with van der Waals surface area (Å²) in [7, 11) is 0. The normalized spacial score (nSPS) is 35.8. The quantitative estimate of drug-likeness (QED) is 0.523. The molecule has 1 unspecified atom stereocenters. The summed E-state index contributed by atoms with van der Waals surface area (Å²) in [6.45, 7) is 0.554. The number of hydrogen-bond acceptors (Lipinski definition) is 2. The fraction of sp³-hybridized carbons (Fsp3) is 0.500. The highest BCUT2D eigenvalue weighted by atomic mass is 79.9. The molecule has 0 bridgehead atoms. The standard InChI is InChI=1S/C4H4BrClN2/c5-4(6)1-7-3-8-2-4/h1,3H,2H2. The molecule has 1 rings (SSSR count). The molecule has 0 saturated carbocycles. The molecule has 0 saturated heterocycles. The lowest BCUT2D eigenvalue weighted by Gasteiger charge is -2.11. The lowest BCUT2D eigenvalue weighted by molar-refractivity contribution is 1.01. The largest absolute Gasteiger partial charge is 0.270 e. The van der Waals surface area contributed by atoms with Crippen molar-refractivity contribution in [2.45, 2.75) is 3.78 Å². The summed E-state index contributed by atoms with van der Waals surface area (Å²) in [5.74, 6) is 0. The van der Waals surface area contributed by atoms with Gasteiger partial charge < -0.3 is 0 Å². The molecule has 1 heterocycles. The molecule has 0 aromatic rings. The van der Waals surface area contributed by atoms with Crippen LogP contribution >= 0.6 is 27.5 Å². The average molecular weight is 195 g/mol. The highest BCUT2D eigenvalue weighted by Crippen LogP contribution is 2.22. The summed E-state index contributed by atoms with van der Waals surface area (Å²) in [6, 6.07) is 0. The van der Waals surface area contributed by atoms with E-state index in [2.05, 4.69) is 25.9 Å². The summed E-state index contributed by atoms with van der Waals surface area (Å²) >= 11 is 8.92. The van der Waals surface area contributed by atoms with Gasteiger partial charge in [0.05, 0.1) is 6.54 Å². The SMILES string of the molecule is ClC1(Br)C=NC=NC1. The molecule has 1 aliphatic heterocycles. The molecule has 0 radical (unpaired) electrons. The van der Waals surface area contributed by atoms with Crippen LogP contribution in [0.5, 0.6) is 0 Å². The van der Waals surface area contributed by atoms with E-state index in [1.54, 1.807) is 6.21 Å².